The van der Waals surface area contributed by atoms with Crippen LogP contribution in [0.1, 0.15) is 37.2 Å². The van der Waals surface area contributed by atoms with E-state index in [0.717, 1.165) is 29.9 Å². The van der Waals surface area contributed by atoms with Crippen LogP contribution in [0.5, 0.6) is 11.5 Å². The zero-order valence-corrected chi connectivity index (χ0v) is 13.3. The number of para-hydroxylation sites is 1. The lowest BCUT2D eigenvalue weighted by Gasteiger charge is -2.32. The van der Waals surface area contributed by atoms with Gasteiger partial charge >= 0.3 is 5.97 Å². The summed E-state index contributed by atoms with van der Waals surface area (Å²) in [5.41, 5.74) is 1.14. The molecule has 0 unspecified atom stereocenters. The summed E-state index contributed by atoms with van der Waals surface area (Å²) in [6.45, 7) is 0. The maximum absolute atomic E-state index is 10.8. The van der Waals surface area contributed by atoms with Crippen LogP contribution in [0, 0.1) is 0 Å². The van der Waals surface area contributed by atoms with Gasteiger partial charge in [0.05, 0.1) is 20.0 Å². The lowest BCUT2D eigenvalue weighted by Crippen LogP contribution is -2.22. The molecule has 0 amide bonds. The van der Waals surface area contributed by atoms with Crippen molar-refractivity contribution >= 4 is 17.7 Å². The molecule has 1 aromatic carbocycles. The smallest absolute Gasteiger partial charge is 0.313 e. The minimum Gasteiger partial charge on any atom is -0.493 e. The van der Waals surface area contributed by atoms with Crippen LogP contribution in [-0.4, -0.2) is 36.3 Å². The first-order chi connectivity index (χ1) is 10.2. The van der Waals surface area contributed by atoms with Crippen LogP contribution >= 0.6 is 11.8 Å². The largest absolute Gasteiger partial charge is 0.493 e. The van der Waals surface area contributed by atoms with Crippen molar-refractivity contribution in [3.63, 3.8) is 0 Å². The Labute approximate surface area is 129 Å². The molecule has 0 bridgehead atoms. The number of ether oxygens (including phenoxy) is 2. The highest BCUT2D eigenvalue weighted by Gasteiger charge is 2.30. The third-order valence-electron chi connectivity index (χ3n) is 3.96. The third kappa shape index (κ3) is 3.84. The summed E-state index contributed by atoms with van der Waals surface area (Å²) < 4.78 is 10.9. The Hall–Kier alpha value is -1.36. The summed E-state index contributed by atoms with van der Waals surface area (Å²) >= 11 is 1.55. The van der Waals surface area contributed by atoms with E-state index in [9.17, 15) is 4.79 Å². The molecule has 2 atom stereocenters. The molecular weight excluding hydrogens is 288 g/mol. The molecule has 1 saturated carbocycles. The molecule has 1 aliphatic carbocycles. The molecule has 1 N–H and O–H groups in total. The Morgan fingerprint density at radius 2 is 2.05 bits per heavy atom. The van der Waals surface area contributed by atoms with E-state index in [-0.39, 0.29) is 5.75 Å². The maximum atomic E-state index is 10.8. The van der Waals surface area contributed by atoms with Crippen molar-refractivity contribution in [2.24, 2.45) is 0 Å². The Morgan fingerprint density at radius 1 is 1.29 bits per heavy atom. The molecule has 0 aromatic heterocycles. The van der Waals surface area contributed by atoms with Gasteiger partial charge in [0, 0.05) is 10.8 Å². The number of rotatable bonds is 6. The van der Waals surface area contributed by atoms with Crippen LogP contribution in [-0.2, 0) is 4.79 Å². The predicted octanol–water partition coefficient (Wildman–Crippen LogP) is 3.55. The summed E-state index contributed by atoms with van der Waals surface area (Å²) in [6.07, 6.45) is 4.47. The molecule has 0 radical (unpaired) electrons. The molecule has 5 heteroatoms. The van der Waals surface area contributed by atoms with Gasteiger partial charge in [0.25, 0.3) is 0 Å². The number of benzene rings is 1. The molecule has 116 valence electrons. The number of carboxylic acid groups (broad SMARTS) is 1. The van der Waals surface area contributed by atoms with Gasteiger partial charge in [-0.25, -0.2) is 0 Å². The molecule has 1 fully saturated rings. The number of carbonyl (C=O) groups is 1. The Bertz CT molecular complexity index is 489. The van der Waals surface area contributed by atoms with Crippen molar-refractivity contribution in [2.45, 2.75) is 36.9 Å². The number of hydrogen-bond acceptors (Lipinski definition) is 4. The standard InChI is InChI=1S/C16H22O4S/c1-19-13-8-5-7-12(16(13)20-2)11-6-3-4-9-14(11)21-10-15(17)18/h5,7-8,11,14H,3-4,6,9-10H2,1-2H3,(H,17,18)/t11-,14-/m1/s1. The highest BCUT2D eigenvalue weighted by Crippen LogP contribution is 2.45. The molecule has 1 aliphatic rings. The van der Waals surface area contributed by atoms with Gasteiger partial charge in [0.15, 0.2) is 11.5 Å². The van der Waals surface area contributed by atoms with Crippen molar-refractivity contribution in [1.29, 1.82) is 0 Å². The minimum atomic E-state index is -0.748. The molecule has 0 spiro atoms. The summed E-state index contributed by atoms with van der Waals surface area (Å²) in [7, 11) is 3.29. The zero-order chi connectivity index (χ0) is 15.2. The number of methoxy groups -OCH3 is 2. The Morgan fingerprint density at radius 3 is 2.71 bits per heavy atom. The summed E-state index contributed by atoms with van der Waals surface area (Å²) in [6, 6.07) is 5.94. The lowest BCUT2D eigenvalue weighted by molar-refractivity contribution is -0.133. The second-order valence-electron chi connectivity index (χ2n) is 5.22. The maximum Gasteiger partial charge on any atom is 0.313 e. The monoisotopic (exact) mass is 310 g/mol. The van der Waals surface area contributed by atoms with E-state index in [1.165, 1.54) is 12.8 Å². The quantitative estimate of drug-likeness (QED) is 0.871. The minimum absolute atomic E-state index is 0.160. The first kappa shape index (κ1) is 16.0. The fraction of sp³-hybridized carbons (Fsp3) is 0.562. The number of thioether (sulfide) groups is 1. The average Bonchev–Trinajstić information content (AvgIpc) is 2.52. The SMILES string of the molecule is COc1cccc([C@H]2CCCC[C@H]2SCC(=O)O)c1OC. The van der Waals surface area contributed by atoms with E-state index in [2.05, 4.69) is 6.07 Å². The molecule has 0 aliphatic heterocycles. The van der Waals surface area contributed by atoms with Crippen molar-refractivity contribution < 1.29 is 19.4 Å². The normalized spacial score (nSPS) is 21.8. The number of carboxylic acids is 1. The highest BCUT2D eigenvalue weighted by atomic mass is 32.2. The van der Waals surface area contributed by atoms with Gasteiger partial charge in [-0.3, -0.25) is 4.79 Å². The Balaban J connectivity index is 2.26. The molecule has 21 heavy (non-hydrogen) atoms. The third-order valence-corrected chi connectivity index (χ3v) is 5.36. The summed E-state index contributed by atoms with van der Waals surface area (Å²) in [4.78, 5) is 10.8. The van der Waals surface area contributed by atoms with E-state index in [4.69, 9.17) is 14.6 Å². The summed E-state index contributed by atoms with van der Waals surface area (Å²) in [5.74, 6) is 1.26. The second-order valence-corrected chi connectivity index (χ2v) is 6.44. The second kappa shape index (κ2) is 7.59. The predicted molar refractivity (Wildman–Crippen MR) is 84.6 cm³/mol. The lowest BCUT2D eigenvalue weighted by atomic mass is 9.83. The van der Waals surface area contributed by atoms with Crippen LogP contribution in [0.4, 0.5) is 0 Å². The number of hydrogen-bond donors (Lipinski definition) is 1. The van der Waals surface area contributed by atoms with E-state index >= 15 is 0 Å². The van der Waals surface area contributed by atoms with E-state index < -0.39 is 5.97 Å². The molecule has 0 heterocycles. The fourth-order valence-electron chi connectivity index (χ4n) is 3.03. The van der Waals surface area contributed by atoms with Crippen LogP contribution in [0.3, 0.4) is 0 Å². The van der Waals surface area contributed by atoms with E-state index in [1.54, 1.807) is 26.0 Å². The molecule has 4 nitrogen and oxygen atoms in total. The van der Waals surface area contributed by atoms with Gasteiger partial charge < -0.3 is 14.6 Å². The molecule has 2 rings (SSSR count). The molecular formula is C16H22O4S. The van der Waals surface area contributed by atoms with Crippen molar-refractivity contribution in [2.75, 3.05) is 20.0 Å². The van der Waals surface area contributed by atoms with Gasteiger partial charge in [0.1, 0.15) is 0 Å². The van der Waals surface area contributed by atoms with Crippen molar-refractivity contribution in [3.05, 3.63) is 23.8 Å². The number of aliphatic carboxylic acids is 1. The Kier molecular flexibility index (Phi) is 5.79. The fourth-order valence-corrected chi connectivity index (χ4v) is 4.24. The van der Waals surface area contributed by atoms with E-state index in [1.807, 2.05) is 12.1 Å². The van der Waals surface area contributed by atoms with Gasteiger partial charge in [-0.1, -0.05) is 25.0 Å². The topological polar surface area (TPSA) is 55.8 Å². The average molecular weight is 310 g/mol. The van der Waals surface area contributed by atoms with Gasteiger partial charge in [-0.2, -0.15) is 0 Å². The van der Waals surface area contributed by atoms with Crippen LogP contribution in [0.2, 0.25) is 0 Å². The van der Waals surface area contributed by atoms with Gasteiger partial charge in [0.2, 0.25) is 0 Å². The van der Waals surface area contributed by atoms with Crippen molar-refractivity contribution in [3.8, 4) is 11.5 Å². The molecule has 0 saturated heterocycles. The zero-order valence-electron chi connectivity index (χ0n) is 12.5. The van der Waals surface area contributed by atoms with Gasteiger partial charge in [-0.15, -0.1) is 11.8 Å². The van der Waals surface area contributed by atoms with Crippen LogP contribution < -0.4 is 9.47 Å². The van der Waals surface area contributed by atoms with E-state index in [0.29, 0.717) is 11.2 Å². The molecule has 1 aromatic rings. The first-order valence-electron chi connectivity index (χ1n) is 7.21. The van der Waals surface area contributed by atoms with Crippen molar-refractivity contribution in [1.82, 2.24) is 0 Å². The first-order valence-corrected chi connectivity index (χ1v) is 8.26. The summed E-state index contributed by atoms with van der Waals surface area (Å²) in [5, 5.41) is 9.25. The van der Waals surface area contributed by atoms with Gasteiger partial charge in [-0.05, 0) is 24.8 Å². The van der Waals surface area contributed by atoms with Crippen LogP contribution in [0.15, 0.2) is 18.2 Å². The van der Waals surface area contributed by atoms with Crippen LogP contribution in [0.25, 0.3) is 0 Å². The highest BCUT2D eigenvalue weighted by molar-refractivity contribution is 8.00.